The Morgan fingerprint density at radius 2 is 1.94 bits per heavy atom. The van der Waals surface area contributed by atoms with Gasteiger partial charge in [-0.1, -0.05) is 31.2 Å². The van der Waals surface area contributed by atoms with Crippen LogP contribution in [0.1, 0.15) is 11.8 Å². The fourth-order valence-electron chi connectivity index (χ4n) is 1.78. The number of rotatable bonds is 7. The van der Waals surface area contributed by atoms with Gasteiger partial charge in [0.15, 0.2) is 0 Å². The molecule has 0 spiro atoms. The van der Waals surface area contributed by atoms with Crippen molar-refractivity contribution in [3.05, 3.63) is 52.7 Å². The summed E-state index contributed by atoms with van der Waals surface area (Å²) in [6.07, 6.45) is 0. The fraction of sp³-hybridized carbons (Fsp3) is 0.333. The lowest BCUT2D eigenvalue weighted by molar-refractivity contribution is 0.301. The van der Waals surface area contributed by atoms with E-state index in [0.717, 1.165) is 25.4 Å². The summed E-state index contributed by atoms with van der Waals surface area (Å²) >= 11 is 3.79. The molecule has 0 aliphatic rings. The van der Waals surface area contributed by atoms with Gasteiger partial charge in [0.05, 0.1) is 0 Å². The first-order chi connectivity index (χ1) is 8.88. The van der Waals surface area contributed by atoms with Gasteiger partial charge in [0.25, 0.3) is 0 Å². The summed E-state index contributed by atoms with van der Waals surface area (Å²) in [5, 5.41) is 2.15. The Morgan fingerprint density at radius 3 is 2.61 bits per heavy atom. The zero-order valence-corrected chi connectivity index (χ0v) is 12.3. The van der Waals surface area contributed by atoms with Crippen LogP contribution in [0.5, 0.6) is 0 Å². The zero-order chi connectivity index (χ0) is 12.6. The molecule has 0 amide bonds. The largest absolute Gasteiger partial charge is 0.298 e. The molecule has 1 heterocycles. The van der Waals surface area contributed by atoms with Gasteiger partial charge in [-0.05, 0) is 30.1 Å². The van der Waals surface area contributed by atoms with Gasteiger partial charge in [-0.3, -0.25) is 4.90 Å². The molecule has 18 heavy (non-hydrogen) atoms. The molecule has 3 heteroatoms. The predicted molar refractivity (Wildman–Crippen MR) is 82.4 cm³/mol. The molecule has 0 aliphatic carbocycles. The van der Waals surface area contributed by atoms with Crippen LogP contribution >= 0.6 is 23.1 Å². The van der Waals surface area contributed by atoms with E-state index in [0.29, 0.717) is 0 Å². The predicted octanol–water partition coefficient (Wildman–Crippen LogP) is 4.36. The molecule has 0 saturated carbocycles. The van der Waals surface area contributed by atoms with Crippen molar-refractivity contribution in [3.63, 3.8) is 0 Å². The number of hydrogen-bond donors (Lipinski definition) is 0. The van der Waals surface area contributed by atoms with Crippen LogP contribution in [0, 0.1) is 0 Å². The molecule has 2 aromatic rings. The molecule has 0 radical (unpaired) electrons. The molecule has 1 aromatic heterocycles. The van der Waals surface area contributed by atoms with Crippen LogP contribution in [0.25, 0.3) is 0 Å². The first-order valence-corrected chi connectivity index (χ1v) is 8.17. The molecule has 2 rings (SSSR count). The Bertz CT molecular complexity index is 425. The lowest BCUT2D eigenvalue weighted by Crippen LogP contribution is -2.24. The van der Waals surface area contributed by atoms with E-state index in [9.17, 15) is 0 Å². The van der Waals surface area contributed by atoms with Crippen molar-refractivity contribution in [1.82, 2.24) is 4.90 Å². The normalized spacial score (nSPS) is 11.0. The van der Waals surface area contributed by atoms with E-state index in [1.165, 1.54) is 9.77 Å². The van der Waals surface area contributed by atoms with Gasteiger partial charge >= 0.3 is 0 Å². The third-order valence-corrected chi connectivity index (χ3v) is 4.68. The highest BCUT2D eigenvalue weighted by molar-refractivity contribution is 7.99. The van der Waals surface area contributed by atoms with Crippen molar-refractivity contribution in [3.8, 4) is 0 Å². The molecular weight excluding hydrogens is 258 g/mol. The number of benzene rings is 1. The lowest BCUT2D eigenvalue weighted by atomic mass is 10.4. The first-order valence-electron chi connectivity index (χ1n) is 6.31. The maximum absolute atomic E-state index is 2.50. The number of hydrogen-bond acceptors (Lipinski definition) is 3. The maximum Gasteiger partial charge on any atom is 0.0328 e. The van der Waals surface area contributed by atoms with Gasteiger partial charge in [-0.25, -0.2) is 0 Å². The highest BCUT2D eigenvalue weighted by Gasteiger charge is 2.04. The summed E-state index contributed by atoms with van der Waals surface area (Å²) in [6.45, 7) is 5.59. The smallest absolute Gasteiger partial charge is 0.0328 e. The molecule has 0 bridgehead atoms. The van der Waals surface area contributed by atoms with Gasteiger partial charge in [0.1, 0.15) is 0 Å². The first kappa shape index (κ1) is 13.7. The fourth-order valence-corrected chi connectivity index (χ4v) is 3.46. The highest BCUT2D eigenvalue weighted by atomic mass is 32.2. The van der Waals surface area contributed by atoms with Crippen molar-refractivity contribution in [2.75, 3.05) is 18.8 Å². The van der Waals surface area contributed by atoms with Crippen LogP contribution in [0.2, 0.25) is 0 Å². The summed E-state index contributed by atoms with van der Waals surface area (Å²) in [4.78, 5) is 5.33. The standard InChI is InChI=1S/C15H19NS2/c1-2-16(13-15-9-6-11-17-15)10-12-18-14-7-4-3-5-8-14/h3-9,11H,2,10,12-13H2,1H3. The van der Waals surface area contributed by atoms with E-state index >= 15 is 0 Å². The van der Waals surface area contributed by atoms with Crippen LogP contribution in [-0.2, 0) is 6.54 Å². The van der Waals surface area contributed by atoms with Gasteiger partial charge in [-0.15, -0.1) is 23.1 Å². The Hall–Kier alpha value is -0.770. The quantitative estimate of drug-likeness (QED) is 0.692. The Morgan fingerprint density at radius 1 is 1.11 bits per heavy atom. The summed E-state index contributed by atoms with van der Waals surface area (Å²) < 4.78 is 0. The van der Waals surface area contributed by atoms with Crippen LogP contribution in [-0.4, -0.2) is 23.7 Å². The van der Waals surface area contributed by atoms with Crippen molar-refractivity contribution >= 4 is 23.1 Å². The van der Waals surface area contributed by atoms with Gasteiger partial charge in [0, 0.05) is 28.6 Å². The summed E-state index contributed by atoms with van der Waals surface area (Å²) in [5.41, 5.74) is 0. The Kier molecular flexibility index (Phi) is 5.78. The molecule has 1 nitrogen and oxygen atoms in total. The maximum atomic E-state index is 2.50. The Labute approximate surface area is 118 Å². The number of thiophene rings is 1. The molecule has 0 aliphatic heterocycles. The van der Waals surface area contributed by atoms with Crippen LogP contribution in [0.4, 0.5) is 0 Å². The summed E-state index contributed by atoms with van der Waals surface area (Å²) in [5.74, 6) is 1.16. The van der Waals surface area contributed by atoms with Crippen molar-refractivity contribution in [2.24, 2.45) is 0 Å². The van der Waals surface area contributed by atoms with Crippen molar-refractivity contribution < 1.29 is 0 Å². The molecular formula is C15H19NS2. The number of thioether (sulfide) groups is 1. The average molecular weight is 277 g/mol. The number of nitrogens with zero attached hydrogens (tertiary/aromatic N) is 1. The van der Waals surface area contributed by atoms with Crippen LogP contribution in [0.3, 0.4) is 0 Å². The second-order valence-corrected chi connectivity index (χ2v) is 6.31. The minimum atomic E-state index is 1.09. The second kappa shape index (κ2) is 7.62. The molecule has 0 unspecified atom stereocenters. The SMILES string of the molecule is CCN(CCSc1ccccc1)Cc1cccs1. The highest BCUT2D eigenvalue weighted by Crippen LogP contribution is 2.18. The van der Waals surface area contributed by atoms with E-state index in [1.807, 2.05) is 23.1 Å². The summed E-state index contributed by atoms with van der Waals surface area (Å²) in [6, 6.07) is 15.0. The lowest BCUT2D eigenvalue weighted by Gasteiger charge is -2.19. The van der Waals surface area contributed by atoms with Gasteiger partial charge in [0.2, 0.25) is 0 Å². The Balaban J connectivity index is 1.74. The minimum Gasteiger partial charge on any atom is -0.298 e. The monoisotopic (exact) mass is 277 g/mol. The van der Waals surface area contributed by atoms with Crippen LogP contribution < -0.4 is 0 Å². The van der Waals surface area contributed by atoms with E-state index in [2.05, 4.69) is 59.7 Å². The second-order valence-electron chi connectivity index (χ2n) is 4.11. The van der Waals surface area contributed by atoms with Crippen LogP contribution in [0.15, 0.2) is 52.7 Å². The van der Waals surface area contributed by atoms with E-state index in [4.69, 9.17) is 0 Å². The van der Waals surface area contributed by atoms with E-state index in [1.54, 1.807) is 0 Å². The van der Waals surface area contributed by atoms with Crippen molar-refractivity contribution in [1.29, 1.82) is 0 Å². The van der Waals surface area contributed by atoms with Gasteiger partial charge in [-0.2, -0.15) is 0 Å². The zero-order valence-electron chi connectivity index (χ0n) is 10.7. The average Bonchev–Trinajstić information content (AvgIpc) is 2.92. The molecule has 0 N–H and O–H groups in total. The van der Waals surface area contributed by atoms with E-state index in [-0.39, 0.29) is 0 Å². The molecule has 0 saturated heterocycles. The molecule has 0 atom stereocenters. The molecule has 96 valence electrons. The summed E-state index contributed by atoms with van der Waals surface area (Å²) in [7, 11) is 0. The topological polar surface area (TPSA) is 3.24 Å². The van der Waals surface area contributed by atoms with Gasteiger partial charge < -0.3 is 0 Å². The third-order valence-electron chi connectivity index (χ3n) is 2.83. The van der Waals surface area contributed by atoms with E-state index < -0.39 is 0 Å². The van der Waals surface area contributed by atoms with Crippen molar-refractivity contribution in [2.45, 2.75) is 18.4 Å². The molecule has 1 aromatic carbocycles. The minimum absolute atomic E-state index is 1.09. The molecule has 0 fully saturated rings. The third kappa shape index (κ3) is 4.48.